The molecule has 1 N–H and O–H groups in total. The van der Waals surface area contributed by atoms with Crippen molar-refractivity contribution in [3.8, 4) is 0 Å². The van der Waals surface area contributed by atoms with E-state index in [1.807, 2.05) is 6.08 Å². The number of carbonyl (C=O) groups excluding carboxylic acids is 1. The van der Waals surface area contributed by atoms with Crippen molar-refractivity contribution in [3.05, 3.63) is 12.2 Å². The minimum absolute atomic E-state index is 0.00809. The average molecular weight is 267 g/mol. The molecule has 3 atom stereocenters. The van der Waals surface area contributed by atoms with Gasteiger partial charge in [0, 0.05) is 25.6 Å². The lowest BCUT2D eigenvalue weighted by atomic mass is 9.93. The van der Waals surface area contributed by atoms with E-state index in [0.29, 0.717) is 13.0 Å². The Hall–Kier alpha value is -1.36. The van der Waals surface area contributed by atoms with Crippen molar-refractivity contribution in [2.45, 2.75) is 44.2 Å². The Labute approximate surface area is 113 Å². The molecule has 0 aromatic carbocycles. The maximum atomic E-state index is 12.5. The SMILES string of the molecule is COC1CC(CC(=O)O)N(C(=O)C2CC=CCC2)C1. The standard InChI is InChI=1S/C14H21NO4/c1-19-12-7-11(8-13(16)17)15(9-12)14(18)10-5-3-2-4-6-10/h2-3,10-12H,4-9H2,1H3,(H,16,17). The van der Waals surface area contributed by atoms with Crippen LogP contribution in [-0.2, 0) is 14.3 Å². The molecule has 106 valence electrons. The van der Waals surface area contributed by atoms with Gasteiger partial charge in [0.2, 0.25) is 5.91 Å². The predicted molar refractivity (Wildman–Crippen MR) is 69.6 cm³/mol. The van der Waals surface area contributed by atoms with Crippen LogP contribution in [0.5, 0.6) is 0 Å². The molecule has 0 bridgehead atoms. The van der Waals surface area contributed by atoms with Crippen LogP contribution in [0.2, 0.25) is 0 Å². The lowest BCUT2D eigenvalue weighted by molar-refractivity contribution is -0.141. The third-order valence-corrected chi connectivity index (χ3v) is 4.02. The minimum Gasteiger partial charge on any atom is -0.481 e. The number of methoxy groups -OCH3 is 1. The fourth-order valence-electron chi connectivity index (χ4n) is 2.96. The zero-order valence-electron chi connectivity index (χ0n) is 11.2. The van der Waals surface area contributed by atoms with Crippen LogP contribution in [0, 0.1) is 5.92 Å². The molecule has 2 aliphatic rings. The minimum atomic E-state index is -0.858. The summed E-state index contributed by atoms with van der Waals surface area (Å²) < 4.78 is 5.29. The molecule has 3 unspecified atom stereocenters. The van der Waals surface area contributed by atoms with Gasteiger partial charge in [-0.2, -0.15) is 0 Å². The molecule has 5 nitrogen and oxygen atoms in total. The van der Waals surface area contributed by atoms with E-state index in [2.05, 4.69) is 6.08 Å². The summed E-state index contributed by atoms with van der Waals surface area (Å²) in [6, 6.07) is -0.221. The maximum Gasteiger partial charge on any atom is 0.305 e. The van der Waals surface area contributed by atoms with Crippen molar-refractivity contribution in [3.63, 3.8) is 0 Å². The first kappa shape index (κ1) is 14.1. The Balaban J connectivity index is 2.04. The van der Waals surface area contributed by atoms with E-state index >= 15 is 0 Å². The third-order valence-electron chi connectivity index (χ3n) is 4.02. The summed E-state index contributed by atoms with van der Waals surface area (Å²) in [6.07, 6.45) is 7.30. The highest BCUT2D eigenvalue weighted by atomic mass is 16.5. The van der Waals surface area contributed by atoms with Crippen LogP contribution < -0.4 is 0 Å². The molecule has 1 fully saturated rings. The van der Waals surface area contributed by atoms with E-state index in [1.54, 1.807) is 12.0 Å². The number of ether oxygens (including phenoxy) is 1. The summed E-state index contributed by atoms with van der Waals surface area (Å²) >= 11 is 0. The molecule has 1 heterocycles. The van der Waals surface area contributed by atoms with Gasteiger partial charge in [-0.3, -0.25) is 9.59 Å². The van der Waals surface area contributed by atoms with Crippen LogP contribution in [0.25, 0.3) is 0 Å². The van der Waals surface area contributed by atoms with Crippen LogP contribution in [0.15, 0.2) is 12.2 Å². The van der Waals surface area contributed by atoms with Crippen LogP contribution >= 0.6 is 0 Å². The van der Waals surface area contributed by atoms with Gasteiger partial charge in [-0.1, -0.05) is 12.2 Å². The highest BCUT2D eigenvalue weighted by Crippen LogP contribution is 2.28. The molecule has 1 aliphatic heterocycles. The van der Waals surface area contributed by atoms with Gasteiger partial charge >= 0.3 is 5.97 Å². The van der Waals surface area contributed by atoms with Crippen molar-refractivity contribution in [2.24, 2.45) is 5.92 Å². The van der Waals surface area contributed by atoms with Gasteiger partial charge in [-0.05, 0) is 25.7 Å². The van der Waals surface area contributed by atoms with Crippen LogP contribution in [-0.4, -0.2) is 47.7 Å². The number of aliphatic carboxylic acids is 1. The monoisotopic (exact) mass is 267 g/mol. The first-order valence-electron chi connectivity index (χ1n) is 6.82. The molecule has 0 radical (unpaired) electrons. The van der Waals surface area contributed by atoms with E-state index in [0.717, 1.165) is 19.3 Å². The number of amides is 1. The molecule has 0 aromatic rings. The fraction of sp³-hybridized carbons (Fsp3) is 0.714. The second kappa shape index (κ2) is 6.19. The number of likely N-dealkylation sites (tertiary alicyclic amines) is 1. The molecule has 0 saturated carbocycles. The number of rotatable bonds is 4. The lowest BCUT2D eigenvalue weighted by Gasteiger charge is -2.28. The molecule has 19 heavy (non-hydrogen) atoms. The van der Waals surface area contributed by atoms with Crippen molar-refractivity contribution in [1.29, 1.82) is 0 Å². The molecule has 2 rings (SSSR count). The summed E-state index contributed by atoms with van der Waals surface area (Å²) in [6.45, 7) is 0.521. The molecule has 5 heteroatoms. The first-order valence-corrected chi connectivity index (χ1v) is 6.82. The summed E-state index contributed by atoms with van der Waals surface area (Å²) in [7, 11) is 1.61. The number of nitrogens with zero attached hydrogens (tertiary/aromatic N) is 1. The molecular formula is C14H21NO4. The van der Waals surface area contributed by atoms with Gasteiger partial charge in [0.25, 0.3) is 0 Å². The Morgan fingerprint density at radius 1 is 1.42 bits per heavy atom. The predicted octanol–water partition coefficient (Wildman–Crippen LogP) is 1.43. The number of carboxylic acid groups (broad SMARTS) is 1. The van der Waals surface area contributed by atoms with Gasteiger partial charge in [0.15, 0.2) is 0 Å². The first-order chi connectivity index (χ1) is 9.11. The van der Waals surface area contributed by atoms with Crippen molar-refractivity contribution in [1.82, 2.24) is 4.90 Å². The Kier molecular flexibility index (Phi) is 4.58. The van der Waals surface area contributed by atoms with E-state index in [-0.39, 0.29) is 30.4 Å². The Morgan fingerprint density at radius 3 is 2.79 bits per heavy atom. The Bertz CT molecular complexity index is 380. The van der Waals surface area contributed by atoms with E-state index in [4.69, 9.17) is 9.84 Å². The largest absolute Gasteiger partial charge is 0.481 e. The third kappa shape index (κ3) is 3.35. The second-order valence-electron chi connectivity index (χ2n) is 5.32. The second-order valence-corrected chi connectivity index (χ2v) is 5.32. The number of carboxylic acids is 1. The molecule has 1 aliphatic carbocycles. The zero-order valence-corrected chi connectivity index (χ0v) is 11.2. The Morgan fingerprint density at radius 2 is 2.21 bits per heavy atom. The van der Waals surface area contributed by atoms with E-state index in [1.165, 1.54) is 0 Å². The molecule has 1 saturated heterocycles. The summed E-state index contributed by atoms with van der Waals surface area (Å²) in [5, 5.41) is 8.95. The van der Waals surface area contributed by atoms with Gasteiger partial charge in [0.1, 0.15) is 0 Å². The lowest BCUT2D eigenvalue weighted by Crippen LogP contribution is -2.41. The summed E-state index contributed by atoms with van der Waals surface area (Å²) in [5.41, 5.74) is 0. The van der Waals surface area contributed by atoms with Gasteiger partial charge < -0.3 is 14.7 Å². The quantitative estimate of drug-likeness (QED) is 0.783. The number of hydrogen-bond donors (Lipinski definition) is 1. The normalized spacial score (nSPS) is 30.6. The summed E-state index contributed by atoms with van der Waals surface area (Å²) in [5.74, 6) is -0.754. The molecule has 1 amide bonds. The van der Waals surface area contributed by atoms with Gasteiger partial charge in [0.05, 0.1) is 12.5 Å². The number of carbonyl (C=O) groups is 2. The number of allylic oxidation sites excluding steroid dienone is 2. The van der Waals surface area contributed by atoms with Crippen LogP contribution in [0.4, 0.5) is 0 Å². The van der Waals surface area contributed by atoms with Crippen molar-refractivity contribution < 1.29 is 19.4 Å². The molecule has 0 aromatic heterocycles. The van der Waals surface area contributed by atoms with Crippen LogP contribution in [0.1, 0.15) is 32.1 Å². The fourth-order valence-corrected chi connectivity index (χ4v) is 2.96. The van der Waals surface area contributed by atoms with Crippen molar-refractivity contribution in [2.75, 3.05) is 13.7 Å². The molecule has 0 spiro atoms. The van der Waals surface area contributed by atoms with Crippen LogP contribution in [0.3, 0.4) is 0 Å². The topological polar surface area (TPSA) is 66.8 Å². The highest BCUT2D eigenvalue weighted by Gasteiger charge is 2.38. The summed E-state index contributed by atoms with van der Waals surface area (Å²) in [4.78, 5) is 25.1. The average Bonchev–Trinajstić information content (AvgIpc) is 2.81. The highest BCUT2D eigenvalue weighted by molar-refractivity contribution is 5.80. The van der Waals surface area contributed by atoms with E-state index < -0.39 is 5.97 Å². The van der Waals surface area contributed by atoms with Gasteiger partial charge in [-0.25, -0.2) is 0 Å². The van der Waals surface area contributed by atoms with Crippen molar-refractivity contribution >= 4 is 11.9 Å². The number of hydrogen-bond acceptors (Lipinski definition) is 3. The maximum absolute atomic E-state index is 12.5. The molecular weight excluding hydrogens is 246 g/mol. The van der Waals surface area contributed by atoms with Gasteiger partial charge in [-0.15, -0.1) is 0 Å². The van der Waals surface area contributed by atoms with E-state index in [9.17, 15) is 9.59 Å². The smallest absolute Gasteiger partial charge is 0.305 e. The zero-order chi connectivity index (χ0) is 13.8.